The SMILES string of the molecule is NN1CCc2ccncc2C1. The van der Waals surface area contributed by atoms with Gasteiger partial charge in [0.1, 0.15) is 0 Å². The Morgan fingerprint density at radius 1 is 1.45 bits per heavy atom. The summed E-state index contributed by atoms with van der Waals surface area (Å²) in [5.74, 6) is 5.66. The minimum atomic E-state index is 0.836. The average molecular weight is 149 g/mol. The zero-order valence-corrected chi connectivity index (χ0v) is 6.33. The molecule has 1 aliphatic rings. The maximum absolute atomic E-state index is 5.66. The quantitative estimate of drug-likeness (QED) is 0.540. The number of pyridine rings is 1. The monoisotopic (exact) mass is 149 g/mol. The maximum Gasteiger partial charge on any atom is 0.0397 e. The minimum Gasteiger partial charge on any atom is -0.268 e. The van der Waals surface area contributed by atoms with E-state index in [1.165, 1.54) is 11.1 Å². The lowest BCUT2D eigenvalue weighted by atomic mass is 10.0. The molecule has 2 rings (SSSR count). The van der Waals surface area contributed by atoms with E-state index in [9.17, 15) is 0 Å². The van der Waals surface area contributed by atoms with Gasteiger partial charge in [-0.3, -0.25) is 10.8 Å². The Kier molecular flexibility index (Phi) is 1.60. The lowest BCUT2D eigenvalue weighted by molar-refractivity contribution is 0.262. The maximum atomic E-state index is 5.66. The highest BCUT2D eigenvalue weighted by molar-refractivity contribution is 5.25. The minimum absolute atomic E-state index is 0.836. The standard InChI is InChI=1S/C8H11N3/c9-11-4-2-7-1-3-10-5-8(7)6-11/h1,3,5H,2,4,6,9H2. The molecule has 0 spiro atoms. The van der Waals surface area contributed by atoms with Crippen LogP contribution in [0.25, 0.3) is 0 Å². The predicted molar refractivity (Wildman–Crippen MR) is 42.5 cm³/mol. The van der Waals surface area contributed by atoms with Crippen molar-refractivity contribution in [3.05, 3.63) is 29.6 Å². The molecule has 2 N–H and O–H groups in total. The van der Waals surface area contributed by atoms with Crippen LogP contribution in [0.5, 0.6) is 0 Å². The molecular formula is C8H11N3. The highest BCUT2D eigenvalue weighted by Gasteiger charge is 2.11. The van der Waals surface area contributed by atoms with Gasteiger partial charge in [-0.25, -0.2) is 5.01 Å². The topological polar surface area (TPSA) is 42.1 Å². The highest BCUT2D eigenvalue weighted by atomic mass is 15.4. The van der Waals surface area contributed by atoms with Crippen LogP contribution in [0.1, 0.15) is 11.1 Å². The normalized spacial score (nSPS) is 17.9. The van der Waals surface area contributed by atoms with E-state index in [1.54, 1.807) is 0 Å². The predicted octanol–water partition coefficient (Wildman–Crippen LogP) is 0.313. The van der Waals surface area contributed by atoms with Crippen molar-refractivity contribution < 1.29 is 0 Å². The van der Waals surface area contributed by atoms with Crippen LogP contribution in [0.3, 0.4) is 0 Å². The first-order chi connectivity index (χ1) is 5.36. The first-order valence-corrected chi connectivity index (χ1v) is 3.77. The Balaban J connectivity index is 2.34. The molecule has 0 atom stereocenters. The molecule has 0 aliphatic carbocycles. The van der Waals surface area contributed by atoms with E-state index in [-0.39, 0.29) is 0 Å². The smallest absolute Gasteiger partial charge is 0.0397 e. The fourth-order valence-corrected chi connectivity index (χ4v) is 1.40. The summed E-state index contributed by atoms with van der Waals surface area (Å²) in [5.41, 5.74) is 2.66. The van der Waals surface area contributed by atoms with Crippen LogP contribution in [0.4, 0.5) is 0 Å². The van der Waals surface area contributed by atoms with Crippen molar-refractivity contribution >= 4 is 0 Å². The van der Waals surface area contributed by atoms with Gasteiger partial charge in [0.05, 0.1) is 0 Å². The van der Waals surface area contributed by atoms with Gasteiger partial charge in [-0.1, -0.05) is 0 Å². The molecule has 0 saturated heterocycles. The summed E-state index contributed by atoms with van der Waals surface area (Å²) in [4.78, 5) is 4.05. The van der Waals surface area contributed by atoms with Crippen molar-refractivity contribution in [2.75, 3.05) is 6.54 Å². The van der Waals surface area contributed by atoms with Crippen LogP contribution in [-0.2, 0) is 13.0 Å². The third-order valence-corrected chi connectivity index (χ3v) is 2.05. The summed E-state index contributed by atoms with van der Waals surface area (Å²) < 4.78 is 0. The molecule has 0 saturated carbocycles. The summed E-state index contributed by atoms with van der Waals surface area (Å²) >= 11 is 0. The van der Waals surface area contributed by atoms with Gasteiger partial charge >= 0.3 is 0 Å². The van der Waals surface area contributed by atoms with E-state index in [4.69, 9.17) is 5.84 Å². The summed E-state index contributed by atoms with van der Waals surface area (Å²) in [6.45, 7) is 1.79. The van der Waals surface area contributed by atoms with Gasteiger partial charge in [-0.2, -0.15) is 0 Å². The number of hydrazine groups is 1. The van der Waals surface area contributed by atoms with Crippen LogP contribution >= 0.6 is 0 Å². The van der Waals surface area contributed by atoms with Gasteiger partial charge < -0.3 is 0 Å². The molecule has 58 valence electrons. The Labute approximate surface area is 65.8 Å². The number of rotatable bonds is 0. The third kappa shape index (κ3) is 1.25. The third-order valence-electron chi connectivity index (χ3n) is 2.05. The second-order valence-corrected chi connectivity index (χ2v) is 2.86. The largest absolute Gasteiger partial charge is 0.268 e. The van der Waals surface area contributed by atoms with Gasteiger partial charge in [-0.15, -0.1) is 0 Å². The fraction of sp³-hybridized carbons (Fsp3) is 0.375. The molecule has 0 amide bonds. The second kappa shape index (κ2) is 2.60. The van der Waals surface area contributed by atoms with Crippen molar-refractivity contribution in [3.8, 4) is 0 Å². The molecule has 11 heavy (non-hydrogen) atoms. The van der Waals surface area contributed by atoms with Crippen LogP contribution in [0.15, 0.2) is 18.5 Å². The highest BCUT2D eigenvalue weighted by Crippen LogP contribution is 2.14. The summed E-state index contributed by atoms with van der Waals surface area (Å²) in [6, 6.07) is 2.07. The summed E-state index contributed by atoms with van der Waals surface area (Å²) in [6.07, 6.45) is 4.79. The first-order valence-electron chi connectivity index (χ1n) is 3.77. The zero-order valence-electron chi connectivity index (χ0n) is 6.33. The van der Waals surface area contributed by atoms with Gasteiger partial charge in [0.2, 0.25) is 0 Å². The fourth-order valence-electron chi connectivity index (χ4n) is 1.40. The average Bonchev–Trinajstić information content (AvgIpc) is 2.04. The molecule has 3 nitrogen and oxygen atoms in total. The molecule has 2 heterocycles. The Morgan fingerprint density at radius 2 is 2.36 bits per heavy atom. The lowest BCUT2D eigenvalue weighted by Crippen LogP contribution is -2.36. The van der Waals surface area contributed by atoms with E-state index in [0.717, 1.165) is 19.5 Å². The molecule has 1 aromatic heterocycles. The van der Waals surface area contributed by atoms with E-state index < -0.39 is 0 Å². The van der Waals surface area contributed by atoms with Gasteiger partial charge in [0.25, 0.3) is 0 Å². The van der Waals surface area contributed by atoms with Crippen molar-refractivity contribution in [2.45, 2.75) is 13.0 Å². The number of aromatic nitrogens is 1. The van der Waals surface area contributed by atoms with Gasteiger partial charge in [0, 0.05) is 25.5 Å². The molecule has 1 aliphatic heterocycles. The molecule has 3 heteroatoms. The molecule has 1 aromatic rings. The van der Waals surface area contributed by atoms with Gasteiger partial charge in [-0.05, 0) is 23.6 Å². The van der Waals surface area contributed by atoms with E-state index in [0.29, 0.717) is 0 Å². The molecular weight excluding hydrogens is 138 g/mol. The molecule has 0 aromatic carbocycles. The Morgan fingerprint density at radius 3 is 3.27 bits per heavy atom. The summed E-state index contributed by atoms with van der Waals surface area (Å²) in [7, 11) is 0. The molecule has 0 unspecified atom stereocenters. The number of hydrogen-bond acceptors (Lipinski definition) is 3. The number of hydrogen-bond donors (Lipinski definition) is 1. The Hall–Kier alpha value is -0.930. The van der Waals surface area contributed by atoms with Crippen LogP contribution in [0, 0.1) is 0 Å². The van der Waals surface area contributed by atoms with Crippen LogP contribution < -0.4 is 5.84 Å². The number of fused-ring (bicyclic) bond motifs is 1. The first kappa shape index (κ1) is 6.76. The molecule has 0 bridgehead atoms. The lowest BCUT2D eigenvalue weighted by Gasteiger charge is -2.23. The van der Waals surface area contributed by atoms with Crippen molar-refractivity contribution in [1.82, 2.24) is 9.99 Å². The molecule has 0 radical (unpaired) electrons. The van der Waals surface area contributed by atoms with Crippen molar-refractivity contribution in [1.29, 1.82) is 0 Å². The van der Waals surface area contributed by atoms with E-state index in [2.05, 4.69) is 11.1 Å². The second-order valence-electron chi connectivity index (χ2n) is 2.86. The van der Waals surface area contributed by atoms with E-state index in [1.807, 2.05) is 17.4 Å². The number of nitrogens with two attached hydrogens (primary N) is 1. The molecule has 0 fully saturated rings. The van der Waals surface area contributed by atoms with Crippen LogP contribution in [-0.4, -0.2) is 16.5 Å². The van der Waals surface area contributed by atoms with Crippen molar-refractivity contribution in [2.24, 2.45) is 5.84 Å². The zero-order chi connectivity index (χ0) is 7.68. The number of nitrogens with zero attached hydrogens (tertiary/aromatic N) is 2. The van der Waals surface area contributed by atoms with Gasteiger partial charge in [0.15, 0.2) is 0 Å². The Bertz CT molecular complexity index is 259. The van der Waals surface area contributed by atoms with Crippen LogP contribution in [0.2, 0.25) is 0 Å². The summed E-state index contributed by atoms with van der Waals surface area (Å²) in [5, 5.41) is 1.82. The van der Waals surface area contributed by atoms with E-state index >= 15 is 0 Å². The van der Waals surface area contributed by atoms with Crippen molar-refractivity contribution in [3.63, 3.8) is 0 Å².